The minimum atomic E-state index is -0.590. The molecule has 0 atom stereocenters. The standard InChI is InChI=1S/C23H29FN6O/c1-2-3-10-26-21-19-20(27-23(25)28-21)18(24)15-30(22(19)31)14-17-8-6-16(7-9-17)13-29-11-4-5-12-29/h6-9,15H,2-5,10-14H2,1H3,(H3,25,26,27,28). The lowest BCUT2D eigenvalue weighted by molar-refractivity contribution is 0.331. The molecule has 0 aliphatic carbocycles. The lowest BCUT2D eigenvalue weighted by atomic mass is 10.1. The normalized spacial score (nSPS) is 14.4. The monoisotopic (exact) mass is 424 g/mol. The first kappa shape index (κ1) is 21.2. The van der Waals surface area contributed by atoms with Crippen LogP contribution in [-0.4, -0.2) is 39.1 Å². The van der Waals surface area contributed by atoms with Crippen molar-refractivity contribution in [3.63, 3.8) is 0 Å². The van der Waals surface area contributed by atoms with Crippen LogP contribution in [0, 0.1) is 5.82 Å². The molecule has 3 heterocycles. The Kier molecular flexibility index (Phi) is 6.46. The van der Waals surface area contributed by atoms with Gasteiger partial charge in [-0.25, -0.2) is 9.37 Å². The first-order chi connectivity index (χ1) is 15.0. The Bertz CT molecular complexity index is 1110. The third-order valence-corrected chi connectivity index (χ3v) is 5.70. The Morgan fingerprint density at radius 2 is 1.77 bits per heavy atom. The molecule has 4 rings (SSSR count). The lowest BCUT2D eigenvalue weighted by Crippen LogP contribution is -2.24. The van der Waals surface area contributed by atoms with Gasteiger partial charge in [-0.15, -0.1) is 0 Å². The number of nitrogens with one attached hydrogen (secondary N) is 1. The molecule has 31 heavy (non-hydrogen) atoms. The Balaban J connectivity index is 1.61. The smallest absolute Gasteiger partial charge is 0.264 e. The zero-order valence-electron chi connectivity index (χ0n) is 17.9. The van der Waals surface area contributed by atoms with Crippen molar-refractivity contribution < 1.29 is 4.39 Å². The van der Waals surface area contributed by atoms with Crippen molar-refractivity contribution in [3.05, 3.63) is 57.8 Å². The highest BCUT2D eigenvalue weighted by molar-refractivity contribution is 5.89. The molecule has 2 aromatic heterocycles. The van der Waals surface area contributed by atoms with Gasteiger partial charge in [0.2, 0.25) is 5.95 Å². The number of fused-ring (bicyclic) bond motifs is 1. The molecule has 0 radical (unpaired) electrons. The van der Waals surface area contributed by atoms with Gasteiger partial charge in [-0.2, -0.15) is 4.98 Å². The summed E-state index contributed by atoms with van der Waals surface area (Å²) >= 11 is 0. The summed E-state index contributed by atoms with van der Waals surface area (Å²) in [7, 11) is 0. The van der Waals surface area contributed by atoms with Gasteiger partial charge >= 0.3 is 0 Å². The maximum absolute atomic E-state index is 14.8. The SMILES string of the molecule is CCCCNc1nc(N)nc2c(F)cn(Cc3ccc(CN4CCCC4)cc3)c(=O)c12. The minimum Gasteiger partial charge on any atom is -0.369 e. The molecule has 7 nitrogen and oxygen atoms in total. The van der Waals surface area contributed by atoms with E-state index in [2.05, 4.69) is 39.2 Å². The van der Waals surface area contributed by atoms with E-state index in [9.17, 15) is 9.18 Å². The van der Waals surface area contributed by atoms with Crippen LogP contribution in [0.5, 0.6) is 0 Å². The van der Waals surface area contributed by atoms with Gasteiger partial charge in [0.25, 0.3) is 5.56 Å². The van der Waals surface area contributed by atoms with Gasteiger partial charge < -0.3 is 15.6 Å². The molecule has 1 aliphatic rings. The summed E-state index contributed by atoms with van der Waals surface area (Å²) in [4.78, 5) is 23.7. The number of nitrogens with two attached hydrogens (primary N) is 1. The second-order valence-electron chi connectivity index (χ2n) is 8.14. The minimum absolute atomic E-state index is 0.0475. The van der Waals surface area contributed by atoms with Crippen LogP contribution in [0.1, 0.15) is 43.7 Å². The number of hydrogen-bond acceptors (Lipinski definition) is 6. The number of hydrogen-bond donors (Lipinski definition) is 2. The molecule has 164 valence electrons. The van der Waals surface area contributed by atoms with Crippen molar-refractivity contribution in [1.29, 1.82) is 0 Å². The van der Waals surface area contributed by atoms with Crippen molar-refractivity contribution in [1.82, 2.24) is 19.4 Å². The van der Waals surface area contributed by atoms with E-state index >= 15 is 0 Å². The van der Waals surface area contributed by atoms with E-state index in [0.29, 0.717) is 6.54 Å². The van der Waals surface area contributed by atoms with Crippen LogP contribution >= 0.6 is 0 Å². The predicted octanol–water partition coefficient (Wildman–Crippen LogP) is 3.37. The quantitative estimate of drug-likeness (QED) is 0.539. The molecule has 0 spiro atoms. The van der Waals surface area contributed by atoms with Crippen molar-refractivity contribution in [2.24, 2.45) is 0 Å². The molecule has 1 saturated heterocycles. The molecule has 0 bridgehead atoms. The molecule has 0 amide bonds. The predicted molar refractivity (Wildman–Crippen MR) is 122 cm³/mol. The molecule has 1 aliphatic heterocycles. The van der Waals surface area contributed by atoms with Crippen LogP contribution in [0.4, 0.5) is 16.2 Å². The maximum Gasteiger partial charge on any atom is 0.264 e. The number of pyridine rings is 1. The van der Waals surface area contributed by atoms with E-state index in [1.807, 2.05) is 12.1 Å². The summed E-state index contributed by atoms with van der Waals surface area (Å²) in [5.74, 6) is -0.362. The summed E-state index contributed by atoms with van der Waals surface area (Å²) in [5.41, 5.74) is 7.53. The fraction of sp³-hybridized carbons (Fsp3) is 0.435. The van der Waals surface area contributed by atoms with E-state index in [4.69, 9.17) is 5.73 Å². The fourth-order valence-electron chi connectivity index (χ4n) is 4.03. The van der Waals surface area contributed by atoms with Crippen LogP contribution in [0.15, 0.2) is 35.3 Å². The third-order valence-electron chi connectivity index (χ3n) is 5.70. The van der Waals surface area contributed by atoms with Crippen LogP contribution in [0.25, 0.3) is 10.9 Å². The van der Waals surface area contributed by atoms with Gasteiger partial charge in [-0.1, -0.05) is 37.6 Å². The summed E-state index contributed by atoms with van der Waals surface area (Å²) < 4.78 is 16.2. The van der Waals surface area contributed by atoms with Crippen molar-refractivity contribution in [2.45, 2.75) is 45.7 Å². The molecule has 1 fully saturated rings. The Morgan fingerprint density at radius 3 is 2.45 bits per heavy atom. The average Bonchev–Trinajstić information content (AvgIpc) is 3.26. The van der Waals surface area contributed by atoms with Gasteiger partial charge in [-0.3, -0.25) is 9.69 Å². The fourth-order valence-corrected chi connectivity index (χ4v) is 4.03. The number of anilines is 2. The van der Waals surface area contributed by atoms with E-state index in [-0.39, 0.29) is 34.8 Å². The molecular formula is C23H29FN6O. The first-order valence-electron chi connectivity index (χ1n) is 11.0. The van der Waals surface area contributed by atoms with Crippen molar-refractivity contribution in [2.75, 3.05) is 30.7 Å². The van der Waals surface area contributed by atoms with Crippen LogP contribution in [0.3, 0.4) is 0 Å². The molecule has 3 N–H and O–H groups in total. The molecular weight excluding hydrogens is 395 g/mol. The summed E-state index contributed by atoms with van der Waals surface area (Å²) in [5, 5.41) is 3.25. The van der Waals surface area contributed by atoms with Crippen LogP contribution < -0.4 is 16.6 Å². The average molecular weight is 425 g/mol. The highest BCUT2D eigenvalue weighted by Gasteiger charge is 2.17. The highest BCUT2D eigenvalue weighted by atomic mass is 19.1. The Hall–Kier alpha value is -3.00. The van der Waals surface area contributed by atoms with Crippen molar-refractivity contribution in [3.8, 4) is 0 Å². The van der Waals surface area contributed by atoms with E-state index in [1.54, 1.807) is 0 Å². The van der Waals surface area contributed by atoms with Crippen molar-refractivity contribution >= 4 is 22.7 Å². The molecule has 8 heteroatoms. The van der Waals surface area contributed by atoms with Crippen LogP contribution in [-0.2, 0) is 13.1 Å². The van der Waals surface area contributed by atoms with Crippen LogP contribution in [0.2, 0.25) is 0 Å². The van der Waals surface area contributed by atoms with E-state index in [1.165, 1.54) is 29.2 Å². The number of nitrogen functional groups attached to an aromatic ring is 1. The third kappa shape index (κ3) is 4.85. The maximum atomic E-state index is 14.8. The van der Waals surface area contributed by atoms with Gasteiger partial charge in [0.15, 0.2) is 5.82 Å². The molecule has 0 saturated carbocycles. The number of unbranched alkanes of at least 4 members (excludes halogenated alkanes) is 1. The number of likely N-dealkylation sites (tertiary alicyclic amines) is 1. The summed E-state index contributed by atoms with van der Waals surface area (Å²) in [6, 6.07) is 8.16. The highest BCUT2D eigenvalue weighted by Crippen LogP contribution is 2.21. The Morgan fingerprint density at radius 1 is 1.10 bits per heavy atom. The lowest BCUT2D eigenvalue weighted by Gasteiger charge is -2.15. The topological polar surface area (TPSA) is 89.1 Å². The van der Waals surface area contributed by atoms with Gasteiger partial charge in [0, 0.05) is 19.3 Å². The largest absolute Gasteiger partial charge is 0.369 e. The number of rotatable bonds is 8. The molecule has 1 aromatic carbocycles. The van der Waals surface area contributed by atoms with Gasteiger partial charge in [0.1, 0.15) is 16.7 Å². The zero-order valence-corrected chi connectivity index (χ0v) is 17.9. The number of benzene rings is 1. The molecule has 0 unspecified atom stereocenters. The summed E-state index contributed by atoms with van der Waals surface area (Å²) in [6.45, 7) is 6.20. The second kappa shape index (κ2) is 9.43. The zero-order chi connectivity index (χ0) is 21.8. The number of halogens is 1. The van der Waals surface area contributed by atoms with E-state index in [0.717, 1.165) is 38.0 Å². The molecule has 3 aromatic rings. The van der Waals surface area contributed by atoms with Gasteiger partial charge in [-0.05, 0) is 43.5 Å². The number of nitrogens with zero attached hydrogens (tertiary/aromatic N) is 4. The summed E-state index contributed by atoms with van der Waals surface area (Å²) in [6.07, 6.45) is 5.61. The second-order valence-corrected chi connectivity index (χ2v) is 8.14. The number of aromatic nitrogens is 3. The van der Waals surface area contributed by atoms with E-state index < -0.39 is 5.82 Å². The first-order valence-corrected chi connectivity index (χ1v) is 11.0. The Labute approximate surface area is 181 Å². The van der Waals surface area contributed by atoms with Gasteiger partial charge in [0.05, 0.1) is 6.54 Å².